The molecule has 0 aliphatic heterocycles. The van der Waals surface area contributed by atoms with E-state index in [0.29, 0.717) is 6.04 Å². The first-order valence-electron chi connectivity index (χ1n) is 5.73. The van der Waals surface area contributed by atoms with E-state index in [4.69, 9.17) is 5.84 Å². The van der Waals surface area contributed by atoms with Gasteiger partial charge >= 0.3 is 0 Å². The van der Waals surface area contributed by atoms with E-state index >= 15 is 0 Å². The maximum absolute atomic E-state index is 5.58. The summed E-state index contributed by atoms with van der Waals surface area (Å²) in [6, 6.07) is 4.54. The molecule has 1 aromatic rings. The highest BCUT2D eigenvalue weighted by Crippen LogP contribution is 2.30. The smallest absolute Gasteiger partial charge is 0.0270 e. The van der Waals surface area contributed by atoms with Crippen molar-refractivity contribution in [3.63, 3.8) is 0 Å². The van der Waals surface area contributed by atoms with Gasteiger partial charge in [0.25, 0.3) is 0 Å². The van der Waals surface area contributed by atoms with Gasteiger partial charge in [-0.05, 0) is 36.5 Å². The lowest BCUT2D eigenvalue weighted by Gasteiger charge is -2.29. The molecule has 0 spiro atoms. The second-order valence-corrected chi connectivity index (χ2v) is 4.46. The number of pyridine rings is 1. The molecule has 0 radical (unpaired) electrons. The van der Waals surface area contributed by atoms with Crippen LogP contribution >= 0.6 is 0 Å². The number of nitrogens with one attached hydrogen (secondary N) is 1. The molecule has 0 bridgehead atoms. The number of rotatable bonds is 5. The molecule has 1 saturated carbocycles. The third-order valence-corrected chi connectivity index (χ3v) is 3.31. The van der Waals surface area contributed by atoms with Crippen LogP contribution in [0.3, 0.4) is 0 Å². The average molecular weight is 205 g/mol. The Morgan fingerprint density at radius 3 is 2.67 bits per heavy atom. The monoisotopic (exact) mass is 205 g/mol. The van der Waals surface area contributed by atoms with Gasteiger partial charge in [0, 0.05) is 18.4 Å². The van der Waals surface area contributed by atoms with Crippen molar-refractivity contribution < 1.29 is 0 Å². The van der Waals surface area contributed by atoms with E-state index in [2.05, 4.69) is 22.5 Å². The fourth-order valence-corrected chi connectivity index (χ4v) is 2.14. The lowest BCUT2D eigenvalue weighted by Crippen LogP contribution is -2.39. The number of nitrogens with two attached hydrogens (primary N) is 1. The van der Waals surface area contributed by atoms with E-state index in [1.807, 2.05) is 12.4 Å². The Hall–Kier alpha value is -0.930. The molecular weight excluding hydrogens is 186 g/mol. The topological polar surface area (TPSA) is 50.9 Å². The van der Waals surface area contributed by atoms with Gasteiger partial charge in [-0.1, -0.05) is 19.3 Å². The second kappa shape index (κ2) is 5.24. The molecule has 1 aliphatic rings. The van der Waals surface area contributed by atoms with Crippen LogP contribution in [0, 0.1) is 5.92 Å². The van der Waals surface area contributed by atoms with E-state index in [9.17, 15) is 0 Å². The molecule has 1 fully saturated rings. The highest BCUT2D eigenvalue weighted by atomic mass is 15.2. The number of aromatic nitrogens is 1. The fourth-order valence-electron chi connectivity index (χ4n) is 2.14. The molecule has 1 aliphatic carbocycles. The van der Waals surface area contributed by atoms with Gasteiger partial charge in [0.1, 0.15) is 0 Å². The highest BCUT2D eigenvalue weighted by Gasteiger charge is 2.21. The standard InChI is InChI=1S/C12H19N3/c13-15-12(8-10-2-1-3-10)9-11-4-6-14-7-5-11/h4-7,10,12,15H,1-3,8-9,13H2. The molecule has 0 saturated heterocycles. The van der Waals surface area contributed by atoms with Gasteiger partial charge in [-0.2, -0.15) is 0 Å². The predicted octanol–water partition coefficient (Wildman–Crippen LogP) is 1.65. The van der Waals surface area contributed by atoms with Crippen molar-refractivity contribution in [2.24, 2.45) is 11.8 Å². The van der Waals surface area contributed by atoms with Crippen LogP contribution in [0.25, 0.3) is 0 Å². The van der Waals surface area contributed by atoms with Gasteiger partial charge in [-0.15, -0.1) is 0 Å². The Bertz CT molecular complexity index is 282. The normalized spacial score (nSPS) is 18.5. The van der Waals surface area contributed by atoms with E-state index in [0.717, 1.165) is 12.3 Å². The molecule has 3 N–H and O–H groups in total. The quantitative estimate of drug-likeness (QED) is 0.567. The molecule has 3 heteroatoms. The van der Waals surface area contributed by atoms with Crippen LogP contribution in [0.2, 0.25) is 0 Å². The largest absolute Gasteiger partial charge is 0.271 e. The summed E-state index contributed by atoms with van der Waals surface area (Å²) >= 11 is 0. The van der Waals surface area contributed by atoms with Crippen molar-refractivity contribution in [2.75, 3.05) is 0 Å². The molecule has 82 valence electrons. The first-order valence-corrected chi connectivity index (χ1v) is 5.73. The van der Waals surface area contributed by atoms with E-state index in [-0.39, 0.29) is 0 Å². The average Bonchev–Trinajstić information content (AvgIpc) is 2.23. The van der Waals surface area contributed by atoms with Gasteiger partial charge in [0.2, 0.25) is 0 Å². The number of hydrogen-bond acceptors (Lipinski definition) is 3. The van der Waals surface area contributed by atoms with Gasteiger partial charge in [-0.3, -0.25) is 16.3 Å². The molecule has 1 aromatic heterocycles. The van der Waals surface area contributed by atoms with Crippen molar-refractivity contribution in [1.82, 2.24) is 10.4 Å². The lowest BCUT2D eigenvalue weighted by molar-refractivity contribution is 0.259. The molecular formula is C12H19N3. The van der Waals surface area contributed by atoms with Gasteiger partial charge in [0.15, 0.2) is 0 Å². The minimum atomic E-state index is 0.415. The Morgan fingerprint density at radius 2 is 2.13 bits per heavy atom. The van der Waals surface area contributed by atoms with E-state index < -0.39 is 0 Å². The van der Waals surface area contributed by atoms with E-state index in [1.165, 1.54) is 31.2 Å². The first kappa shape index (κ1) is 10.6. The lowest BCUT2D eigenvalue weighted by atomic mass is 9.80. The molecule has 1 heterocycles. The third kappa shape index (κ3) is 3.01. The Balaban J connectivity index is 1.84. The maximum atomic E-state index is 5.58. The minimum absolute atomic E-state index is 0.415. The van der Waals surface area contributed by atoms with E-state index in [1.54, 1.807) is 0 Å². The Labute approximate surface area is 91.1 Å². The summed E-state index contributed by atoms with van der Waals surface area (Å²) in [5.41, 5.74) is 4.24. The maximum Gasteiger partial charge on any atom is 0.0270 e. The van der Waals surface area contributed by atoms with Crippen LogP contribution < -0.4 is 11.3 Å². The number of hydrazine groups is 1. The van der Waals surface area contributed by atoms with Crippen LogP contribution in [-0.2, 0) is 6.42 Å². The van der Waals surface area contributed by atoms with Gasteiger partial charge in [0.05, 0.1) is 0 Å². The fraction of sp³-hybridized carbons (Fsp3) is 0.583. The molecule has 2 rings (SSSR count). The molecule has 1 unspecified atom stereocenters. The third-order valence-electron chi connectivity index (χ3n) is 3.31. The summed E-state index contributed by atoms with van der Waals surface area (Å²) in [7, 11) is 0. The summed E-state index contributed by atoms with van der Waals surface area (Å²) in [6.45, 7) is 0. The number of nitrogens with zero attached hydrogens (tertiary/aromatic N) is 1. The molecule has 3 nitrogen and oxygen atoms in total. The van der Waals surface area contributed by atoms with Crippen LogP contribution in [0.1, 0.15) is 31.2 Å². The zero-order valence-corrected chi connectivity index (χ0v) is 9.02. The van der Waals surface area contributed by atoms with Crippen molar-refractivity contribution in [3.8, 4) is 0 Å². The Morgan fingerprint density at radius 1 is 1.40 bits per heavy atom. The SMILES string of the molecule is NNC(Cc1ccncc1)CC1CCC1. The van der Waals surface area contributed by atoms with Crippen molar-refractivity contribution in [1.29, 1.82) is 0 Å². The summed E-state index contributed by atoms with van der Waals surface area (Å²) in [5.74, 6) is 6.48. The minimum Gasteiger partial charge on any atom is -0.271 e. The van der Waals surface area contributed by atoms with Gasteiger partial charge < -0.3 is 0 Å². The second-order valence-electron chi connectivity index (χ2n) is 4.46. The molecule has 0 aromatic carbocycles. The number of hydrogen-bond donors (Lipinski definition) is 2. The predicted molar refractivity (Wildman–Crippen MR) is 61.0 cm³/mol. The van der Waals surface area contributed by atoms with Crippen molar-refractivity contribution in [3.05, 3.63) is 30.1 Å². The van der Waals surface area contributed by atoms with Crippen molar-refractivity contribution >= 4 is 0 Å². The zero-order valence-electron chi connectivity index (χ0n) is 9.02. The van der Waals surface area contributed by atoms with Crippen molar-refractivity contribution in [2.45, 2.75) is 38.1 Å². The summed E-state index contributed by atoms with van der Waals surface area (Å²) in [6.07, 6.45) is 10.1. The first-order chi connectivity index (χ1) is 7.38. The van der Waals surface area contributed by atoms with Gasteiger partial charge in [-0.25, -0.2) is 0 Å². The highest BCUT2D eigenvalue weighted by molar-refractivity contribution is 5.11. The molecule has 0 amide bonds. The molecule has 15 heavy (non-hydrogen) atoms. The van der Waals surface area contributed by atoms with Crippen LogP contribution in [0.5, 0.6) is 0 Å². The zero-order chi connectivity index (χ0) is 10.5. The van der Waals surface area contributed by atoms with Crippen LogP contribution in [0.15, 0.2) is 24.5 Å². The summed E-state index contributed by atoms with van der Waals surface area (Å²) < 4.78 is 0. The Kier molecular flexibility index (Phi) is 3.69. The van der Waals surface area contributed by atoms with Crippen LogP contribution in [0.4, 0.5) is 0 Å². The van der Waals surface area contributed by atoms with Crippen LogP contribution in [-0.4, -0.2) is 11.0 Å². The summed E-state index contributed by atoms with van der Waals surface area (Å²) in [4.78, 5) is 4.02. The molecule has 1 atom stereocenters. The summed E-state index contributed by atoms with van der Waals surface area (Å²) in [5, 5.41) is 0.